The summed E-state index contributed by atoms with van der Waals surface area (Å²) in [5, 5.41) is 1.24. The first kappa shape index (κ1) is 25.9. The third kappa shape index (κ3) is 6.32. The highest BCUT2D eigenvalue weighted by Gasteiger charge is 2.24. The fourth-order valence-electron chi connectivity index (χ4n) is 3.97. The molecule has 36 heavy (non-hydrogen) atoms. The molecule has 1 aromatic heterocycles. The summed E-state index contributed by atoms with van der Waals surface area (Å²) in [4.78, 5) is 21.3. The zero-order chi connectivity index (χ0) is 25.7. The monoisotopic (exact) mass is 526 g/mol. The van der Waals surface area contributed by atoms with E-state index in [1.807, 2.05) is 30.3 Å². The first-order valence-electron chi connectivity index (χ1n) is 11.3. The number of rotatable bonds is 3. The van der Waals surface area contributed by atoms with Crippen molar-refractivity contribution in [3.05, 3.63) is 101 Å². The Hall–Kier alpha value is -3.20. The van der Waals surface area contributed by atoms with E-state index in [4.69, 9.17) is 17.3 Å². The van der Waals surface area contributed by atoms with E-state index in [1.54, 1.807) is 17.2 Å². The molecule has 5 nitrogen and oxygen atoms in total. The second-order valence-corrected chi connectivity index (χ2v) is 9.30. The number of benzene rings is 3. The van der Waals surface area contributed by atoms with Crippen LogP contribution in [0.25, 0.3) is 10.9 Å². The molecule has 1 amide bonds. The smallest absolute Gasteiger partial charge is 0.256 e. The van der Waals surface area contributed by atoms with Crippen molar-refractivity contribution in [1.82, 2.24) is 14.8 Å². The Kier molecular flexibility index (Phi) is 8.40. The number of thiol groups is 1. The summed E-state index contributed by atoms with van der Waals surface area (Å²) in [7, 11) is 0. The van der Waals surface area contributed by atoms with Crippen LogP contribution in [0.2, 0.25) is 5.02 Å². The zero-order valence-electron chi connectivity index (χ0n) is 19.4. The number of nitrogens with zero attached hydrogens (tertiary/aromatic N) is 3. The van der Waals surface area contributed by atoms with Crippen molar-refractivity contribution in [2.24, 2.45) is 0 Å². The molecule has 0 bridgehead atoms. The van der Waals surface area contributed by atoms with Gasteiger partial charge >= 0.3 is 0 Å². The minimum absolute atomic E-state index is 0.0300. The fourth-order valence-corrected chi connectivity index (χ4v) is 4.36. The molecule has 1 saturated heterocycles. The molecule has 0 atom stereocenters. The molecule has 4 aromatic rings. The third-order valence-corrected chi connectivity index (χ3v) is 6.55. The molecule has 0 saturated carbocycles. The second kappa shape index (κ2) is 11.7. The lowest BCUT2D eigenvalue weighted by atomic mass is 10.1. The lowest BCUT2D eigenvalue weighted by molar-refractivity contribution is 0.0624. The van der Waals surface area contributed by atoms with E-state index in [1.165, 1.54) is 24.3 Å². The summed E-state index contributed by atoms with van der Waals surface area (Å²) in [6.45, 7) is 2.81. The number of hydrogen-bond donors (Lipinski definition) is 2. The minimum Gasteiger partial charge on any atom is -0.399 e. The van der Waals surface area contributed by atoms with Crippen molar-refractivity contribution in [2.75, 3.05) is 31.9 Å². The number of carbonyl (C=O) groups is 1. The highest BCUT2D eigenvalue weighted by molar-refractivity contribution is 7.80. The van der Waals surface area contributed by atoms with Gasteiger partial charge < -0.3 is 10.6 Å². The molecule has 0 radical (unpaired) electrons. The number of aromatic nitrogens is 1. The average molecular weight is 527 g/mol. The van der Waals surface area contributed by atoms with Crippen LogP contribution in [-0.2, 0) is 6.54 Å². The standard InChI is InChI=1S/C18H18ClF2N3O.C9H7NS/c19-15-4-1-12(9-17(15)21)11-23-5-7-24(8-6-23)18(25)14-3-2-13(22)10-16(14)20;11-8-5-1-3-7-4-2-6-10-9(7)8/h1-4,9-10H,5-8,11,22H2;1-6,11H. The summed E-state index contributed by atoms with van der Waals surface area (Å²) in [6.07, 6.45) is 1.78. The molecule has 1 aliphatic heterocycles. The van der Waals surface area contributed by atoms with Crippen LogP contribution in [0.1, 0.15) is 15.9 Å². The Labute approximate surface area is 218 Å². The minimum atomic E-state index is -0.607. The summed E-state index contributed by atoms with van der Waals surface area (Å²) in [5.74, 6) is -1.38. The highest BCUT2D eigenvalue weighted by Crippen LogP contribution is 2.20. The van der Waals surface area contributed by atoms with Crippen LogP contribution >= 0.6 is 24.2 Å². The van der Waals surface area contributed by atoms with Crippen LogP contribution < -0.4 is 5.73 Å². The van der Waals surface area contributed by atoms with Crippen molar-refractivity contribution < 1.29 is 13.6 Å². The molecule has 2 heterocycles. The van der Waals surface area contributed by atoms with Gasteiger partial charge in [0.15, 0.2) is 0 Å². The normalized spacial score (nSPS) is 13.8. The fraction of sp³-hybridized carbons (Fsp3) is 0.185. The van der Waals surface area contributed by atoms with E-state index in [2.05, 4.69) is 22.5 Å². The summed E-state index contributed by atoms with van der Waals surface area (Å²) in [6, 6.07) is 18.7. The average Bonchev–Trinajstić information content (AvgIpc) is 2.87. The molecule has 1 aliphatic rings. The number of para-hydroxylation sites is 1. The second-order valence-electron chi connectivity index (χ2n) is 8.41. The number of fused-ring (bicyclic) bond motifs is 1. The van der Waals surface area contributed by atoms with Gasteiger partial charge in [-0.25, -0.2) is 8.78 Å². The number of amides is 1. The number of pyridine rings is 1. The van der Waals surface area contributed by atoms with Gasteiger partial charge in [-0.3, -0.25) is 14.7 Å². The van der Waals surface area contributed by atoms with Gasteiger partial charge in [0.05, 0.1) is 16.1 Å². The maximum atomic E-state index is 13.9. The lowest BCUT2D eigenvalue weighted by Gasteiger charge is -2.34. The Morgan fingerprint density at radius 1 is 0.972 bits per heavy atom. The number of carbonyl (C=O) groups excluding carboxylic acids is 1. The van der Waals surface area contributed by atoms with Crippen LogP contribution in [0.3, 0.4) is 0 Å². The zero-order valence-corrected chi connectivity index (χ0v) is 21.0. The Morgan fingerprint density at radius 3 is 2.42 bits per heavy atom. The molecular weight excluding hydrogens is 502 g/mol. The number of piperazine rings is 1. The van der Waals surface area contributed by atoms with Crippen molar-refractivity contribution in [2.45, 2.75) is 11.4 Å². The number of nitrogens with two attached hydrogens (primary N) is 1. The van der Waals surface area contributed by atoms with Gasteiger partial charge in [-0.05, 0) is 48.0 Å². The third-order valence-electron chi connectivity index (χ3n) is 5.88. The largest absolute Gasteiger partial charge is 0.399 e. The van der Waals surface area contributed by atoms with E-state index >= 15 is 0 Å². The van der Waals surface area contributed by atoms with Gasteiger partial charge in [-0.2, -0.15) is 0 Å². The van der Waals surface area contributed by atoms with Gasteiger partial charge in [0, 0.05) is 54.9 Å². The van der Waals surface area contributed by atoms with E-state index in [-0.39, 0.29) is 22.2 Å². The molecule has 3 aromatic carbocycles. The quantitative estimate of drug-likeness (QED) is 0.266. The van der Waals surface area contributed by atoms with Crippen molar-refractivity contribution >= 4 is 46.7 Å². The van der Waals surface area contributed by atoms with Gasteiger partial charge in [0.2, 0.25) is 0 Å². The summed E-state index contributed by atoms with van der Waals surface area (Å²) < 4.78 is 27.4. The Balaban J connectivity index is 0.000000229. The van der Waals surface area contributed by atoms with Crippen LogP contribution in [0.4, 0.5) is 14.5 Å². The van der Waals surface area contributed by atoms with Gasteiger partial charge in [0.1, 0.15) is 11.6 Å². The highest BCUT2D eigenvalue weighted by atomic mass is 35.5. The van der Waals surface area contributed by atoms with Crippen molar-refractivity contribution in [1.29, 1.82) is 0 Å². The SMILES string of the molecule is Nc1ccc(C(=O)N2CCN(Cc3ccc(Cl)c(F)c3)CC2)c(F)c1.Sc1cccc2cccnc12. The molecular formula is C27H25ClF2N4OS. The molecule has 2 N–H and O–H groups in total. The maximum Gasteiger partial charge on any atom is 0.256 e. The molecule has 0 unspecified atom stereocenters. The molecule has 1 fully saturated rings. The molecule has 9 heteroatoms. The summed E-state index contributed by atoms with van der Waals surface area (Å²) >= 11 is 9.97. The van der Waals surface area contributed by atoms with Crippen molar-refractivity contribution in [3.8, 4) is 0 Å². The predicted octanol–water partition coefficient (Wildman–Crippen LogP) is 5.68. The first-order valence-corrected chi connectivity index (χ1v) is 12.2. The van der Waals surface area contributed by atoms with Gasteiger partial charge in [0.25, 0.3) is 5.91 Å². The molecule has 0 spiro atoms. The topological polar surface area (TPSA) is 62.5 Å². The number of hydrogen-bond acceptors (Lipinski definition) is 5. The number of anilines is 1. The Bertz CT molecular complexity index is 1370. The predicted molar refractivity (Wildman–Crippen MR) is 142 cm³/mol. The maximum absolute atomic E-state index is 13.9. The van der Waals surface area contributed by atoms with Crippen LogP contribution in [0.5, 0.6) is 0 Å². The van der Waals surface area contributed by atoms with Gasteiger partial charge in [-0.15, -0.1) is 12.6 Å². The van der Waals surface area contributed by atoms with Crippen molar-refractivity contribution in [3.63, 3.8) is 0 Å². The number of halogens is 3. The summed E-state index contributed by atoms with van der Waals surface area (Å²) in [5.41, 5.74) is 7.62. The first-order chi connectivity index (χ1) is 17.3. The van der Waals surface area contributed by atoms with E-state index in [0.29, 0.717) is 32.7 Å². The molecule has 5 rings (SSSR count). The van der Waals surface area contributed by atoms with E-state index in [9.17, 15) is 13.6 Å². The van der Waals surface area contributed by atoms with Gasteiger partial charge in [-0.1, -0.05) is 35.9 Å². The molecule has 186 valence electrons. The van der Waals surface area contributed by atoms with Crippen LogP contribution in [-0.4, -0.2) is 46.9 Å². The van der Waals surface area contributed by atoms with Crippen LogP contribution in [0.15, 0.2) is 77.8 Å². The lowest BCUT2D eigenvalue weighted by Crippen LogP contribution is -2.48. The number of nitrogen functional groups attached to an aromatic ring is 1. The Morgan fingerprint density at radius 2 is 1.72 bits per heavy atom. The van der Waals surface area contributed by atoms with Crippen LogP contribution in [0, 0.1) is 11.6 Å². The molecule has 0 aliphatic carbocycles. The van der Waals surface area contributed by atoms with E-state index < -0.39 is 11.6 Å². The van der Waals surface area contributed by atoms with E-state index in [0.717, 1.165) is 27.4 Å².